The Morgan fingerprint density at radius 1 is 1.00 bits per heavy atom. The van der Waals surface area contributed by atoms with E-state index >= 15 is 0 Å². The molecule has 6 heteroatoms. The molecule has 2 aromatic heterocycles. The Morgan fingerprint density at radius 3 is 2.64 bits per heavy atom. The Balaban J connectivity index is 1.32. The SMILES string of the molecule is Cc1cc(Cc2ccccc2)cc([C@@H]2CN(C(=O)Cn3c(C)nc4ccccc43)CCO2)n1. The van der Waals surface area contributed by atoms with Crippen molar-refractivity contribution >= 4 is 16.9 Å². The predicted octanol–water partition coefficient (Wildman–Crippen LogP) is 4.24. The van der Waals surface area contributed by atoms with Crippen molar-refractivity contribution in [3.05, 3.63) is 95.1 Å². The molecular formula is C27H28N4O2. The van der Waals surface area contributed by atoms with E-state index in [0.29, 0.717) is 19.7 Å². The van der Waals surface area contributed by atoms with E-state index in [4.69, 9.17) is 9.72 Å². The van der Waals surface area contributed by atoms with Gasteiger partial charge >= 0.3 is 0 Å². The van der Waals surface area contributed by atoms with E-state index in [1.54, 1.807) is 0 Å². The summed E-state index contributed by atoms with van der Waals surface area (Å²) in [5.74, 6) is 0.923. The molecule has 4 aromatic rings. The average Bonchev–Trinajstić information content (AvgIpc) is 3.14. The third kappa shape index (κ3) is 4.66. The fraction of sp³-hybridized carbons (Fsp3) is 0.296. The monoisotopic (exact) mass is 440 g/mol. The van der Waals surface area contributed by atoms with E-state index in [9.17, 15) is 4.79 Å². The Kier molecular flexibility index (Phi) is 5.92. The molecule has 0 radical (unpaired) electrons. The van der Waals surface area contributed by atoms with Gasteiger partial charge in [0.25, 0.3) is 0 Å². The normalized spacial score (nSPS) is 16.3. The summed E-state index contributed by atoms with van der Waals surface area (Å²) in [5, 5.41) is 0. The van der Waals surface area contributed by atoms with Crippen molar-refractivity contribution in [2.75, 3.05) is 19.7 Å². The maximum atomic E-state index is 13.2. The molecule has 1 aliphatic heterocycles. The summed E-state index contributed by atoms with van der Waals surface area (Å²) in [5.41, 5.74) is 6.22. The molecule has 3 heterocycles. The number of carbonyl (C=O) groups is 1. The molecule has 0 aliphatic carbocycles. The molecule has 5 rings (SSSR count). The van der Waals surface area contributed by atoms with Crippen LogP contribution in [-0.4, -0.2) is 45.0 Å². The summed E-state index contributed by atoms with van der Waals surface area (Å²) in [6, 6.07) is 22.6. The van der Waals surface area contributed by atoms with Gasteiger partial charge in [-0.25, -0.2) is 4.98 Å². The van der Waals surface area contributed by atoms with Crippen LogP contribution in [0.1, 0.15) is 34.4 Å². The first-order valence-corrected chi connectivity index (χ1v) is 11.4. The zero-order chi connectivity index (χ0) is 22.8. The van der Waals surface area contributed by atoms with Crippen molar-refractivity contribution in [1.82, 2.24) is 19.4 Å². The van der Waals surface area contributed by atoms with Crippen molar-refractivity contribution in [3.63, 3.8) is 0 Å². The molecule has 0 unspecified atom stereocenters. The van der Waals surface area contributed by atoms with Crippen LogP contribution < -0.4 is 0 Å². The highest BCUT2D eigenvalue weighted by molar-refractivity contribution is 5.81. The number of para-hydroxylation sites is 2. The Morgan fingerprint density at radius 2 is 1.79 bits per heavy atom. The zero-order valence-corrected chi connectivity index (χ0v) is 19.1. The third-order valence-electron chi connectivity index (χ3n) is 6.17. The number of rotatable bonds is 5. The summed E-state index contributed by atoms with van der Waals surface area (Å²) in [6.07, 6.45) is 0.622. The lowest BCUT2D eigenvalue weighted by Gasteiger charge is -2.33. The molecule has 1 saturated heterocycles. The number of hydrogen-bond acceptors (Lipinski definition) is 4. The van der Waals surface area contributed by atoms with Crippen LogP contribution in [0.25, 0.3) is 11.0 Å². The van der Waals surface area contributed by atoms with E-state index in [0.717, 1.165) is 34.7 Å². The second-order valence-corrected chi connectivity index (χ2v) is 8.64. The van der Waals surface area contributed by atoms with Crippen molar-refractivity contribution in [2.24, 2.45) is 0 Å². The van der Waals surface area contributed by atoms with Crippen LogP contribution in [0.5, 0.6) is 0 Å². The fourth-order valence-corrected chi connectivity index (χ4v) is 4.55. The molecule has 0 bridgehead atoms. The van der Waals surface area contributed by atoms with Crippen molar-refractivity contribution in [1.29, 1.82) is 0 Å². The number of imidazole rings is 1. The lowest BCUT2D eigenvalue weighted by molar-refractivity contribution is -0.139. The van der Waals surface area contributed by atoms with Crippen LogP contribution in [-0.2, 0) is 22.5 Å². The molecule has 0 saturated carbocycles. The number of ether oxygens (including phenoxy) is 1. The Hall–Kier alpha value is -3.51. The molecule has 1 amide bonds. The summed E-state index contributed by atoms with van der Waals surface area (Å²) in [4.78, 5) is 24.4. The second kappa shape index (κ2) is 9.16. The van der Waals surface area contributed by atoms with Gasteiger partial charge in [-0.2, -0.15) is 0 Å². The number of nitrogens with zero attached hydrogens (tertiary/aromatic N) is 4. The van der Waals surface area contributed by atoms with Crippen LogP contribution in [0.4, 0.5) is 0 Å². The Bertz CT molecular complexity index is 1280. The minimum absolute atomic E-state index is 0.0757. The van der Waals surface area contributed by atoms with Gasteiger partial charge in [0.2, 0.25) is 5.91 Å². The van der Waals surface area contributed by atoms with Crippen molar-refractivity contribution < 1.29 is 9.53 Å². The molecule has 2 aromatic carbocycles. The van der Waals surface area contributed by atoms with Crippen LogP contribution in [0.2, 0.25) is 0 Å². The summed E-state index contributed by atoms with van der Waals surface area (Å²) in [7, 11) is 0. The van der Waals surface area contributed by atoms with Gasteiger partial charge in [0.1, 0.15) is 18.5 Å². The minimum atomic E-state index is -0.224. The number of benzene rings is 2. The number of aromatic nitrogens is 3. The maximum absolute atomic E-state index is 13.2. The summed E-state index contributed by atoms with van der Waals surface area (Å²) >= 11 is 0. The van der Waals surface area contributed by atoms with Gasteiger partial charge in [0.15, 0.2) is 0 Å². The third-order valence-corrected chi connectivity index (χ3v) is 6.17. The van der Waals surface area contributed by atoms with Crippen LogP contribution in [0, 0.1) is 13.8 Å². The van der Waals surface area contributed by atoms with Crippen LogP contribution in [0.15, 0.2) is 66.7 Å². The topological polar surface area (TPSA) is 60.2 Å². The van der Waals surface area contributed by atoms with Crippen molar-refractivity contribution in [2.45, 2.75) is 32.9 Å². The first kappa shape index (κ1) is 21.3. The highest BCUT2D eigenvalue weighted by Crippen LogP contribution is 2.24. The van der Waals surface area contributed by atoms with Gasteiger partial charge in [-0.3, -0.25) is 9.78 Å². The predicted molar refractivity (Wildman–Crippen MR) is 128 cm³/mol. The molecule has 0 spiro atoms. The van der Waals surface area contributed by atoms with Crippen LogP contribution >= 0.6 is 0 Å². The van der Waals surface area contributed by atoms with Gasteiger partial charge < -0.3 is 14.2 Å². The standard InChI is InChI=1S/C27H28N4O2/c1-19-14-22(15-21-8-4-3-5-9-21)16-24(28-19)26-17-30(12-13-33-26)27(32)18-31-20(2)29-23-10-6-7-11-25(23)31/h3-11,14,16,26H,12-13,15,17-18H2,1-2H3/t26-/m0/s1. The van der Waals surface area contributed by atoms with Gasteiger partial charge in [0.05, 0.1) is 29.9 Å². The number of hydrogen-bond donors (Lipinski definition) is 0. The van der Waals surface area contributed by atoms with E-state index in [1.165, 1.54) is 11.1 Å². The molecule has 6 nitrogen and oxygen atoms in total. The second-order valence-electron chi connectivity index (χ2n) is 8.64. The molecule has 1 fully saturated rings. The van der Waals surface area contributed by atoms with E-state index in [1.807, 2.05) is 53.6 Å². The van der Waals surface area contributed by atoms with Crippen LogP contribution in [0.3, 0.4) is 0 Å². The maximum Gasteiger partial charge on any atom is 0.242 e. The summed E-state index contributed by atoms with van der Waals surface area (Å²) in [6.45, 7) is 5.83. The van der Waals surface area contributed by atoms with Gasteiger partial charge in [-0.1, -0.05) is 42.5 Å². The molecular weight excluding hydrogens is 412 g/mol. The molecule has 168 valence electrons. The molecule has 1 aliphatic rings. The first-order chi connectivity index (χ1) is 16.1. The fourth-order valence-electron chi connectivity index (χ4n) is 4.55. The quantitative estimate of drug-likeness (QED) is 0.466. The number of morpholine rings is 1. The van der Waals surface area contributed by atoms with E-state index in [-0.39, 0.29) is 18.6 Å². The first-order valence-electron chi connectivity index (χ1n) is 11.4. The van der Waals surface area contributed by atoms with Crippen molar-refractivity contribution in [3.8, 4) is 0 Å². The smallest absolute Gasteiger partial charge is 0.242 e. The summed E-state index contributed by atoms with van der Waals surface area (Å²) < 4.78 is 8.05. The zero-order valence-electron chi connectivity index (χ0n) is 19.1. The average molecular weight is 441 g/mol. The van der Waals surface area contributed by atoms with E-state index in [2.05, 4.69) is 41.4 Å². The highest BCUT2D eigenvalue weighted by atomic mass is 16.5. The van der Waals surface area contributed by atoms with Gasteiger partial charge in [-0.05, 0) is 55.7 Å². The lowest BCUT2D eigenvalue weighted by atomic mass is 10.0. The Labute approximate surface area is 193 Å². The number of aryl methyl sites for hydroxylation is 2. The molecule has 33 heavy (non-hydrogen) atoms. The number of carbonyl (C=O) groups excluding carboxylic acids is 1. The molecule has 1 atom stereocenters. The number of pyridine rings is 1. The van der Waals surface area contributed by atoms with Gasteiger partial charge in [-0.15, -0.1) is 0 Å². The van der Waals surface area contributed by atoms with E-state index < -0.39 is 0 Å². The number of fused-ring (bicyclic) bond motifs is 1. The highest BCUT2D eigenvalue weighted by Gasteiger charge is 2.27. The number of amides is 1. The largest absolute Gasteiger partial charge is 0.368 e. The van der Waals surface area contributed by atoms with Gasteiger partial charge in [0, 0.05) is 12.2 Å². The molecule has 0 N–H and O–H groups in total. The lowest BCUT2D eigenvalue weighted by Crippen LogP contribution is -2.44. The minimum Gasteiger partial charge on any atom is -0.368 e.